The molecule has 0 aromatic carbocycles. The Morgan fingerprint density at radius 1 is 1.30 bits per heavy atom. The highest BCUT2D eigenvalue weighted by Gasteiger charge is 2.64. The molecule has 2 bridgehead atoms. The number of nitrogens with zero attached hydrogens (tertiary/aromatic N) is 1. The van der Waals surface area contributed by atoms with Gasteiger partial charge in [-0.3, -0.25) is 10.1 Å². The summed E-state index contributed by atoms with van der Waals surface area (Å²) in [6.45, 7) is 13.5. The summed E-state index contributed by atoms with van der Waals surface area (Å²) in [7, 11) is 0. The minimum Gasteiger partial charge on any atom is -0.322 e. The third-order valence-corrected chi connectivity index (χ3v) is 6.83. The number of rotatable bonds is 2. The monoisotopic (exact) mass is 278 g/mol. The average molecular weight is 278 g/mol. The first-order valence-electron chi connectivity index (χ1n) is 8.26. The number of nitrogens with one attached hydrogen (secondary N) is 1. The highest BCUT2D eigenvalue weighted by molar-refractivity contribution is 5.88. The van der Waals surface area contributed by atoms with Crippen molar-refractivity contribution in [3.8, 4) is 0 Å². The Labute approximate surface area is 123 Å². The maximum absolute atomic E-state index is 13.0. The average Bonchev–Trinajstić information content (AvgIpc) is 2.91. The standard InChI is InChI=1S/C17H30N2O/c1-7-17(6)14(20)19(11(2)18-17)13-15(3,4)12-8-9-16(13,5)10-12/h11-13,18H,7-10H2,1-6H3. The molecule has 2 saturated carbocycles. The fraction of sp³-hybridized carbons (Fsp3) is 0.941. The van der Waals surface area contributed by atoms with E-state index in [1.54, 1.807) is 0 Å². The van der Waals surface area contributed by atoms with E-state index in [1.165, 1.54) is 19.3 Å². The molecule has 3 rings (SSSR count). The lowest BCUT2D eigenvalue weighted by Crippen LogP contribution is -2.56. The third kappa shape index (κ3) is 1.59. The lowest BCUT2D eigenvalue weighted by atomic mass is 9.67. The predicted molar refractivity (Wildman–Crippen MR) is 81.2 cm³/mol. The second kappa shape index (κ2) is 4.00. The van der Waals surface area contributed by atoms with Gasteiger partial charge in [-0.2, -0.15) is 0 Å². The first-order chi connectivity index (χ1) is 9.16. The number of hydrogen-bond acceptors (Lipinski definition) is 2. The van der Waals surface area contributed by atoms with Gasteiger partial charge in [0, 0.05) is 6.04 Å². The van der Waals surface area contributed by atoms with E-state index < -0.39 is 0 Å². The Morgan fingerprint density at radius 2 is 1.95 bits per heavy atom. The van der Waals surface area contributed by atoms with Gasteiger partial charge in [0.25, 0.3) is 0 Å². The van der Waals surface area contributed by atoms with Crippen LogP contribution in [0.15, 0.2) is 0 Å². The molecule has 0 aromatic rings. The number of amides is 1. The van der Waals surface area contributed by atoms with Crippen LogP contribution in [0.25, 0.3) is 0 Å². The van der Waals surface area contributed by atoms with Crippen LogP contribution >= 0.6 is 0 Å². The largest absolute Gasteiger partial charge is 0.322 e. The van der Waals surface area contributed by atoms with Crippen LogP contribution in [-0.4, -0.2) is 28.6 Å². The molecule has 3 fully saturated rings. The summed E-state index contributed by atoms with van der Waals surface area (Å²) in [5, 5.41) is 3.55. The smallest absolute Gasteiger partial charge is 0.244 e. The molecule has 1 amide bonds. The van der Waals surface area contributed by atoms with Gasteiger partial charge < -0.3 is 4.90 Å². The van der Waals surface area contributed by atoms with Crippen LogP contribution in [0.4, 0.5) is 0 Å². The summed E-state index contributed by atoms with van der Waals surface area (Å²) >= 11 is 0. The Hall–Kier alpha value is -0.570. The van der Waals surface area contributed by atoms with Crippen LogP contribution in [-0.2, 0) is 4.79 Å². The fourth-order valence-electron chi connectivity index (χ4n) is 5.62. The summed E-state index contributed by atoms with van der Waals surface area (Å²) in [4.78, 5) is 15.2. The Balaban J connectivity index is 1.99. The molecule has 3 heteroatoms. The molecule has 2 aliphatic carbocycles. The first kappa shape index (κ1) is 14.4. The molecule has 20 heavy (non-hydrogen) atoms. The first-order valence-corrected chi connectivity index (χ1v) is 8.26. The summed E-state index contributed by atoms with van der Waals surface area (Å²) in [6, 6.07) is 0.386. The van der Waals surface area contributed by atoms with E-state index in [4.69, 9.17) is 0 Å². The van der Waals surface area contributed by atoms with Crippen molar-refractivity contribution in [1.29, 1.82) is 0 Å². The van der Waals surface area contributed by atoms with Crippen LogP contribution in [0, 0.1) is 16.7 Å². The van der Waals surface area contributed by atoms with Crippen LogP contribution in [0.5, 0.6) is 0 Å². The molecular formula is C17H30N2O. The van der Waals surface area contributed by atoms with Gasteiger partial charge in [0.1, 0.15) is 0 Å². The summed E-state index contributed by atoms with van der Waals surface area (Å²) in [5.74, 6) is 1.10. The zero-order chi connectivity index (χ0) is 14.9. The maximum atomic E-state index is 13.0. The number of carbonyl (C=O) groups excluding carboxylic acids is 1. The van der Waals surface area contributed by atoms with Crippen molar-refractivity contribution in [1.82, 2.24) is 10.2 Å². The molecule has 1 aliphatic heterocycles. The normalized spacial score (nSPS) is 50.2. The van der Waals surface area contributed by atoms with Crippen molar-refractivity contribution in [2.75, 3.05) is 0 Å². The van der Waals surface area contributed by atoms with Gasteiger partial charge in [0.15, 0.2) is 0 Å². The lowest BCUT2D eigenvalue weighted by molar-refractivity contribution is -0.141. The van der Waals surface area contributed by atoms with E-state index >= 15 is 0 Å². The van der Waals surface area contributed by atoms with Gasteiger partial charge in [-0.25, -0.2) is 0 Å². The maximum Gasteiger partial charge on any atom is 0.244 e. The highest BCUT2D eigenvalue weighted by atomic mass is 16.2. The zero-order valence-electron chi connectivity index (χ0n) is 13.9. The minimum absolute atomic E-state index is 0.160. The van der Waals surface area contributed by atoms with Gasteiger partial charge in [-0.15, -0.1) is 0 Å². The molecule has 0 spiro atoms. The highest BCUT2D eigenvalue weighted by Crippen LogP contribution is 2.64. The van der Waals surface area contributed by atoms with Crippen molar-refractivity contribution in [3.05, 3.63) is 0 Å². The van der Waals surface area contributed by atoms with Gasteiger partial charge in [0.05, 0.1) is 11.7 Å². The Kier molecular flexibility index (Phi) is 2.87. The van der Waals surface area contributed by atoms with Crippen LogP contribution in [0.2, 0.25) is 0 Å². The molecule has 3 aliphatic rings. The molecule has 5 unspecified atom stereocenters. The quantitative estimate of drug-likeness (QED) is 0.841. The molecule has 1 heterocycles. The lowest BCUT2D eigenvalue weighted by Gasteiger charge is -2.49. The van der Waals surface area contributed by atoms with E-state index in [2.05, 4.69) is 51.8 Å². The Bertz CT molecular complexity index is 442. The number of carbonyl (C=O) groups is 1. The summed E-state index contributed by atoms with van der Waals surface area (Å²) < 4.78 is 0. The van der Waals surface area contributed by atoms with E-state index in [1.807, 2.05) is 0 Å². The number of hydrogen-bond donors (Lipinski definition) is 1. The van der Waals surface area contributed by atoms with Gasteiger partial charge in [-0.05, 0) is 56.3 Å². The number of fused-ring (bicyclic) bond motifs is 2. The molecular weight excluding hydrogens is 248 g/mol. The van der Waals surface area contributed by atoms with Crippen molar-refractivity contribution < 1.29 is 4.79 Å². The molecule has 0 aromatic heterocycles. The molecule has 1 saturated heterocycles. The minimum atomic E-state index is -0.367. The molecule has 0 radical (unpaired) electrons. The fourth-order valence-corrected chi connectivity index (χ4v) is 5.62. The van der Waals surface area contributed by atoms with E-state index in [0.29, 0.717) is 17.4 Å². The van der Waals surface area contributed by atoms with E-state index in [9.17, 15) is 4.79 Å². The van der Waals surface area contributed by atoms with Crippen molar-refractivity contribution in [2.45, 2.75) is 85.0 Å². The Morgan fingerprint density at radius 3 is 2.40 bits per heavy atom. The van der Waals surface area contributed by atoms with Crippen molar-refractivity contribution in [2.24, 2.45) is 16.7 Å². The third-order valence-electron chi connectivity index (χ3n) is 6.83. The van der Waals surface area contributed by atoms with E-state index in [-0.39, 0.29) is 17.1 Å². The van der Waals surface area contributed by atoms with Crippen LogP contribution in [0.3, 0.4) is 0 Å². The zero-order valence-corrected chi connectivity index (χ0v) is 13.9. The van der Waals surface area contributed by atoms with Gasteiger partial charge >= 0.3 is 0 Å². The molecule has 5 atom stereocenters. The van der Waals surface area contributed by atoms with Crippen LogP contribution < -0.4 is 5.32 Å². The summed E-state index contributed by atoms with van der Waals surface area (Å²) in [6.07, 6.45) is 4.94. The van der Waals surface area contributed by atoms with Gasteiger partial charge in [-0.1, -0.05) is 27.7 Å². The van der Waals surface area contributed by atoms with E-state index in [0.717, 1.165) is 12.3 Å². The van der Waals surface area contributed by atoms with Crippen molar-refractivity contribution >= 4 is 5.91 Å². The topological polar surface area (TPSA) is 32.3 Å². The van der Waals surface area contributed by atoms with Crippen LogP contribution in [0.1, 0.15) is 67.2 Å². The summed E-state index contributed by atoms with van der Waals surface area (Å²) in [5.41, 5.74) is 0.198. The SMILES string of the molecule is CCC1(C)NC(C)N(C2C3(C)CCC(C3)C2(C)C)C1=O. The second-order valence-corrected chi connectivity index (χ2v) is 8.54. The second-order valence-electron chi connectivity index (χ2n) is 8.54. The van der Waals surface area contributed by atoms with Gasteiger partial charge in [0.2, 0.25) is 5.91 Å². The van der Waals surface area contributed by atoms with Crippen molar-refractivity contribution in [3.63, 3.8) is 0 Å². The predicted octanol–water partition coefficient (Wildman–Crippen LogP) is 3.15. The molecule has 1 N–H and O–H groups in total. The molecule has 3 nitrogen and oxygen atoms in total. The molecule has 114 valence electrons.